The van der Waals surface area contributed by atoms with Crippen LogP contribution in [0.15, 0.2) is 12.1 Å². The first-order valence-corrected chi connectivity index (χ1v) is 9.05. The molecule has 21 heavy (non-hydrogen) atoms. The molecule has 1 fully saturated rings. The second-order valence-corrected chi connectivity index (χ2v) is 6.62. The van der Waals surface area contributed by atoms with Gasteiger partial charge in [-0.25, -0.2) is 0 Å². The van der Waals surface area contributed by atoms with Gasteiger partial charge < -0.3 is 5.32 Å². The maximum Gasteiger partial charge on any atom is 0.0325 e. The molecule has 1 aromatic carbocycles. The van der Waals surface area contributed by atoms with Crippen molar-refractivity contribution in [1.29, 1.82) is 0 Å². The number of aryl methyl sites for hydroxylation is 3. The molecular formula is C20H33N. The Kier molecular flexibility index (Phi) is 6.29. The van der Waals surface area contributed by atoms with Crippen LogP contribution in [0, 0.1) is 5.92 Å². The first kappa shape index (κ1) is 16.5. The Labute approximate surface area is 131 Å². The van der Waals surface area contributed by atoms with Crippen molar-refractivity contribution in [2.75, 3.05) is 7.05 Å². The SMILES string of the molecule is CCc1cc(CC)c(C(CC2CCCC2)NC)c(CC)c1. The maximum absolute atomic E-state index is 3.63. The number of hydrogen-bond acceptors (Lipinski definition) is 1. The summed E-state index contributed by atoms with van der Waals surface area (Å²) in [4.78, 5) is 0. The summed E-state index contributed by atoms with van der Waals surface area (Å²) in [5.41, 5.74) is 6.27. The first-order valence-electron chi connectivity index (χ1n) is 9.05. The highest BCUT2D eigenvalue weighted by molar-refractivity contribution is 5.42. The summed E-state index contributed by atoms with van der Waals surface area (Å²) in [6, 6.07) is 5.45. The van der Waals surface area contributed by atoms with Gasteiger partial charge >= 0.3 is 0 Å². The average Bonchev–Trinajstić information content (AvgIpc) is 3.04. The van der Waals surface area contributed by atoms with Crippen molar-refractivity contribution in [2.24, 2.45) is 5.92 Å². The topological polar surface area (TPSA) is 12.0 Å². The lowest BCUT2D eigenvalue weighted by Crippen LogP contribution is -2.22. The lowest BCUT2D eigenvalue weighted by molar-refractivity contribution is 0.410. The molecule has 0 saturated heterocycles. The summed E-state index contributed by atoms with van der Waals surface area (Å²) >= 11 is 0. The van der Waals surface area contributed by atoms with E-state index in [2.05, 4.69) is 45.3 Å². The summed E-state index contributed by atoms with van der Waals surface area (Å²) in [6.07, 6.45) is 10.5. The monoisotopic (exact) mass is 287 g/mol. The third kappa shape index (κ3) is 3.88. The summed E-state index contributed by atoms with van der Waals surface area (Å²) in [5, 5.41) is 3.63. The van der Waals surface area contributed by atoms with Gasteiger partial charge in [-0.2, -0.15) is 0 Å². The van der Waals surface area contributed by atoms with Gasteiger partial charge in [0.1, 0.15) is 0 Å². The van der Waals surface area contributed by atoms with Gasteiger partial charge in [0.25, 0.3) is 0 Å². The van der Waals surface area contributed by atoms with E-state index in [0.29, 0.717) is 6.04 Å². The molecule has 1 aliphatic carbocycles. The quantitative estimate of drug-likeness (QED) is 0.725. The fourth-order valence-corrected chi connectivity index (χ4v) is 4.05. The van der Waals surface area contributed by atoms with E-state index >= 15 is 0 Å². The fraction of sp³-hybridized carbons (Fsp3) is 0.700. The average molecular weight is 287 g/mol. The molecule has 0 spiro atoms. The maximum atomic E-state index is 3.63. The van der Waals surface area contributed by atoms with E-state index < -0.39 is 0 Å². The molecule has 0 aromatic heterocycles. The van der Waals surface area contributed by atoms with E-state index in [1.54, 1.807) is 16.7 Å². The Morgan fingerprint density at radius 3 is 2.00 bits per heavy atom. The number of rotatable bonds is 7. The third-order valence-corrected chi connectivity index (χ3v) is 5.32. The lowest BCUT2D eigenvalue weighted by Gasteiger charge is -2.26. The third-order valence-electron chi connectivity index (χ3n) is 5.32. The molecule has 118 valence electrons. The molecule has 0 aliphatic heterocycles. The molecule has 1 nitrogen and oxygen atoms in total. The van der Waals surface area contributed by atoms with Crippen molar-refractivity contribution in [3.8, 4) is 0 Å². The van der Waals surface area contributed by atoms with E-state index in [1.807, 2.05) is 0 Å². The first-order chi connectivity index (χ1) is 10.2. The van der Waals surface area contributed by atoms with Crippen LogP contribution in [0.5, 0.6) is 0 Å². The van der Waals surface area contributed by atoms with E-state index in [4.69, 9.17) is 0 Å². The zero-order chi connectivity index (χ0) is 15.2. The predicted molar refractivity (Wildman–Crippen MR) is 93.0 cm³/mol. The van der Waals surface area contributed by atoms with Crippen LogP contribution in [0.4, 0.5) is 0 Å². The van der Waals surface area contributed by atoms with E-state index in [-0.39, 0.29) is 0 Å². The van der Waals surface area contributed by atoms with Gasteiger partial charge in [-0.05, 0) is 60.9 Å². The minimum absolute atomic E-state index is 0.545. The second kappa shape index (κ2) is 7.98. The molecule has 1 aliphatic rings. The molecule has 0 radical (unpaired) electrons. The molecule has 1 unspecified atom stereocenters. The molecule has 1 aromatic rings. The molecule has 0 amide bonds. The van der Waals surface area contributed by atoms with Gasteiger partial charge in [0, 0.05) is 6.04 Å². The van der Waals surface area contributed by atoms with Crippen molar-refractivity contribution in [3.63, 3.8) is 0 Å². The van der Waals surface area contributed by atoms with E-state index in [0.717, 1.165) is 25.2 Å². The van der Waals surface area contributed by atoms with Crippen LogP contribution in [0.1, 0.15) is 81.2 Å². The number of nitrogens with one attached hydrogen (secondary N) is 1. The molecule has 1 heteroatoms. The van der Waals surface area contributed by atoms with Crippen LogP contribution in [-0.2, 0) is 19.3 Å². The highest BCUT2D eigenvalue weighted by Gasteiger charge is 2.23. The molecule has 1 atom stereocenters. The standard InChI is InChI=1S/C20H33N/c1-5-15-12-17(6-2)20(18(7-3)13-15)19(21-4)14-16-10-8-9-11-16/h12-13,16,19,21H,5-11,14H2,1-4H3. The van der Waals surface area contributed by atoms with E-state index in [1.165, 1.54) is 37.7 Å². The van der Waals surface area contributed by atoms with Crippen molar-refractivity contribution in [1.82, 2.24) is 5.32 Å². The van der Waals surface area contributed by atoms with Crippen molar-refractivity contribution < 1.29 is 0 Å². The molecular weight excluding hydrogens is 254 g/mol. The second-order valence-electron chi connectivity index (χ2n) is 6.62. The highest BCUT2D eigenvalue weighted by atomic mass is 14.9. The minimum atomic E-state index is 0.545. The zero-order valence-electron chi connectivity index (χ0n) is 14.5. The van der Waals surface area contributed by atoms with Crippen LogP contribution in [-0.4, -0.2) is 7.05 Å². The van der Waals surface area contributed by atoms with Crippen LogP contribution >= 0.6 is 0 Å². The Bertz CT molecular complexity index is 418. The minimum Gasteiger partial charge on any atom is -0.313 e. The van der Waals surface area contributed by atoms with Crippen molar-refractivity contribution in [3.05, 3.63) is 34.4 Å². The largest absolute Gasteiger partial charge is 0.313 e. The Morgan fingerprint density at radius 1 is 1.00 bits per heavy atom. The zero-order valence-corrected chi connectivity index (χ0v) is 14.5. The molecule has 1 N–H and O–H groups in total. The Hall–Kier alpha value is -0.820. The van der Waals surface area contributed by atoms with E-state index in [9.17, 15) is 0 Å². The summed E-state index contributed by atoms with van der Waals surface area (Å²) in [6.45, 7) is 6.88. The summed E-state index contributed by atoms with van der Waals surface area (Å²) in [5.74, 6) is 0.933. The molecule has 1 saturated carbocycles. The van der Waals surface area contributed by atoms with Gasteiger partial charge in [-0.3, -0.25) is 0 Å². The van der Waals surface area contributed by atoms with Gasteiger partial charge in [-0.1, -0.05) is 58.6 Å². The van der Waals surface area contributed by atoms with Crippen LogP contribution in [0.2, 0.25) is 0 Å². The Morgan fingerprint density at radius 2 is 1.57 bits per heavy atom. The van der Waals surface area contributed by atoms with Gasteiger partial charge in [-0.15, -0.1) is 0 Å². The normalized spacial score (nSPS) is 17.3. The number of hydrogen-bond donors (Lipinski definition) is 1. The van der Waals surface area contributed by atoms with Gasteiger partial charge in [0.15, 0.2) is 0 Å². The highest BCUT2D eigenvalue weighted by Crippen LogP contribution is 2.35. The molecule has 2 rings (SSSR count). The Balaban J connectivity index is 2.33. The molecule has 0 heterocycles. The van der Waals surface area contributed by atoms with Crippen LogP contribution < -0.4 is 5.32 Å². The summed E-state index contributed by atoms with van der Waals surface area (Å²) in [7, 11) is 2.15. The van der Waals surface area contributed by atoms with Crippen LogP contribution in [0.25, 0.3) is 0 Å². The van der Waals surface area contributed by atoms with Crippen molar-refractivity contribution in [2.45, 2.75) is 78.2 Å². The lowest BCUT2D eigenvalue weighted by atomic mass is 9.85. The van der Waals surface area contributed by atoms with Crippen molar-refractivity contribution >= 4 is 0 Å². The summed E-state index contributed by atoms with van der Waals surface area (Å²) < 4.78 is 0. The predicted octanol–water partition coefficient (Wildman–Crippen LogP) is 5.21. The fourth-order valence-electron chi connectivity index (χ4n) is 4.05. The van der Waals surface area contributed by atoms with Crippen LogP contribution in [0.3, 0.4) is 0 Å². The van der Waals surface area contributed by atoms with Gasteiger partial charge in [0.2, 0.25) is 0 Å². The molecule has 0 bridgehead atoms. The smallest absolute Gasteiger partial charge is 0.0325 e. The van der Waals surface area contributed by atoms with Gasteiger partial charge in [0.05, 0.1) is 0 Å². The number of benzene rings is 1.